The highest BCUT2D eigenvalue weighted by molar-refractivity contribution is 5.42. The lowest BCUT2D eigenvalue weighted by molar-refractivity contribution is 0.841. The molecule has 2 aliphatic rings. The first-order valence-corrected chi connectivity index (χ1v) is 3.51. The smallest absolute Gasteiger partial charge is 0.0407 e. The Morgan fingerprint density at radius 2 is 2.30 bits per heavy atom. The Morgan fingerprint density at radius 1 is 1.30 bits per heavy atom. The number of fused-ring (bicyclic) bond motifs is 1. The van der Waals surface area contributed by atoms with Gasteiger partial charge in [0.1, 0.15) is 0 Å². The highest BCUT2D eigenvalue weighted by Crippen LogP contribution is 2.13. The molecule has 0 aliphatic carbocycles. The van der Waals surface area contributed by atoms with E-state index in [9.17, 15) is 0 Å². The van der Waals surface area contributed by atoms with E-state index in [1.165, 1.54) is 11.3 Å². The standard InChI is InChI=1S/C8H10N2/c1-2-7-6-9-5-3-8(7)10-4-1/h1-3,6,9-10H,4-5H2. The van der Waals surface area contributed by atoms with Gasteiger partial charge in [-0.2, -0.15) is 0 Å². The highest BCUT2D eigenvalue weighted by Gasteiger charge is 2.06. The topological polar surface area (TPSA) is 24.1 Å². The normalized spacial score (nSPS) is 21.6. The summed E-state index contributed by atoms with van der Waals surface area (Å²) in [4.78, 5) is 0. The minimum absolute atomic E-state index is 0.944. The molecule has 0 amide bonds. The van der Waals surface area contributed by atoms with Crippen LogP contribution in [-0.4, -0.2) is 13.1 Å². The van der Waals surface area contributed by atoms with Gasteiger partial charge in [0.15, 0.2) is 0 Å². The number of rotatable bonds is 0. The van der Waals surface area contributed by atoms with E-state index in [-0.39, 0.29) is 0 Å². The van der Waals surface area contributed by atoms with E-state index in [0.717, 1.165) is 13.1 Å². The second-order valence-electron chi connectivity index (χ2n) is 2.41. The Kier molecular flexibility index (Phi) is 1.24. The quantitative estimate of drug-likeness (QED) is 0.504. The molecule has 2 aliphatic heterocycles. The average Bonchev–Trinajstić information content (AvgIpc) is 2.05. The number of allylic oxidation sites excluding steroid dienone is 1. The molecule has 0 bridgehead atoms. The lowest BCUT2D eigenvalue weighted by atomic mass is 10.1. The summed E-state index contributed by atoms with van der Waals surface area (Å²) >= 11 is 0. The SMILES string of the molecule is C1=CC2=CNCC=C2NC1. The van der Waals surface area contributed by atoms with Crippen LogP contribution in [0.3, 0.4) is 0 Å². The Hall–Kier alpha value is -1.18. The molecule has 2 N–H and O–H groups in total. The molecular formula is C8H10N2. The Bertz CT molecular complexity index is 223. The van der Waals surface area contributed by atoms with Crippen molar-refractivity contribution in [1.29, 1.82) is 0 Å². The van der Waals surface area contributed by atoms with Crippen molar-refractivity contribution in [1.82, 2.24) is 10.6 Å². The minimum atomic E-state index is 0.944. The van der Waals surface area contributed by atoms with Gasteiger partial charge in [-0.1, -0.05) is 12.2 Å². The fourth-order valence-electron chi connectivity index (χ4n) is 1.19. The summed E-state index contributed by atoms with van der Waals surface area (Å²) in [5.74, 6) is 0. The predicted octanol–water partition coefficient (Wildman–Crippen LogP) is 0.517. The van der Waals surface area contributed by atoms with Crippen LogP contribution in [0.5, 0.6) is 0 Å². The largest absolute Gasteiger partial charge is 0.387 e. The Morgan fingerprint density at radius 3 is 3.20 bits per heavy atom. The summed E-state index contributed by atoms with van der Waals surface area (Å²) in [7, 11) is 0. The van der Waals surface area contributed by atoms with Gasteiger partial charge in [-0.05, 0) is 6.08 Å². The van der Waals surface area contributed by atoms with E-state index in [1.54, 1.807) is 0 Å². The molecule has 0 atom stereocenters. The molecule has 2 nitrogen and oxygen atoms in total. The van der Waals surface area contributed by atoms with Gasteiger partial charge in [0.25, 0.3) is 0 Å². The lowest BCUT2D eigenvalue weighted by Crippen LogP contribution is -2.24. The van der Waals surface area contributed by atoms with Gasteiger partial charge < -0.3 is 10.6 Å². The van der Waals surface area contributed by atoms with Gasteiger partial charge >= 0.3 is 0 Å². The van der Waals surface area contributed by atoms with Crippen molar-refractivity contribution >= 4 is 0 Å². The van der Waals surface area contributed by atoms with Crippen molar-refractivity contribution in [2.24, 2.45) is 0 Å². The molecule has 2 rings (SSSR count). The molecule has 0 spiro atoms. The number of nitrogens with one attached hydrogen (secondary N) is 2. The van der Waals surface area contributed by atoms with E-state index in [1.807, 2.05) is 6.20 Å². The molecule has 0 saturated carbocycles. The fraction of sp³-hybridized carbons (Fsp3) is 0.250. The van der Waals surface area contributed by atoms with Crippen LogP contribution < -0.4 is 10.6 Å². The minimum Gasteiger partial charge on any atom is -0.387 e. The molecule has 2 heterocycles. The van der Waals surface area contributed by atoms with Crippen LogP contribution in [-0.2, 0) is 0 Å². The van der Waals surface area contributed by atoms with Crippen molar-refractivity contribution in [2.75, 3.05) is 13.1 Å². The van der Waals surface area contributed by atoms with Crippen LogP contribution in [0.1, 0.15) is 0 Å². The first-order chi connectivity index (χ1) is 4.97. The van der Waals surface area contributed by atoms with Crippen LogP contribution in [0.15, 0.2) is 35.7 Å². The van der Waals surface area contributed by atoms with Crippen LogP contribution in [0.25, 0.3) is 0 Å². The lowest BCUT2D eigenvalue weighted by Gasteiger charge is -2.18. The Balaban J connectivity index is 2.33. The van der Waals surface area contributed by atoms with Crippen LogP contribution >= 0.6 is 0 Å². The van der Waals surface area contributed by atoms with Crippen molar-refractivity contribution in [2.45, 2.75) is 0 Å². The molecule has 52 valence electrons. The zero-order valence-electron chi connectivity index (χ0n) is 5.72. The van der Waals surface area contributed by atoms with Crippen LogP contribution in [0, 0.1) is 0 Å². The van der Waals surface area contributed by atoms with Gasteiger partial charge in [0.05, 0.1) is 0 Å². The molecule has 0 aromatic rings. The molecule has 10 heavy (non-hydrogen) atoms. The molecule has 0 unspecified atom stereocenters. The number of hydrogen-bond acceptors (Lipinski definition) is 2. The van der Waals surface area contributed by atoms with Crippen molar-refractivity contribution in [3.05, 3.63) is 35.7 Å². The summed E-state index contributed by atoms with van der Waals surface area (Å²) in [6.45, 7) is 1.91. The van der Waals surface area contributed by atoms with E-state index in [4.69, 9.17) is 0 Å². The first-order valence-electron chi connectivity index (χ1n) is 3.51. The van der Waals surface area contributed by atoms with E-state index >= 15 is 0 Å². The third-order valence-electron chi connectivity index (χ3n) is 1.70. The van der Waals surface area contributed by atoms with Gasteiger partial charge in [-0.25, -0.2) is 0 Å². The van der Waals surface area contributed by atoms with E-state index in [0.29, 0.717) is 0 Å². The third-order valence-corrected chi connectivity index (χ3v) is 1.70. The molecule has 0 aromatic heterocycles. The predicted molar refractivity (Wildman–Crippen MR) is 41.3 cm³/mol. The fourth-order valence-corrected chi connectivity index (χ4v) is 1.19. The second-order valence-corrected chi connectivity index (χ2v) is 2.41. The van der Waals surface area contributed by atoms with Gasteiger partial charge in [0, 0.05) is 30.6 Å². The first kappa shape index (κ1) is 5.59. The average molecular weight is 134 g/mol. The van der Waals surface area contributed by atoms with Gasteiger partial charge in [0.2, 0.25) is 0 Å². The van der Waals surface area contributed by atoms with Gasteiger partial charge in [-0.3, -0.25) is 0 Å². The summed E-state index contributed by atoms with van der Waals surface area (Å²) in [6.07, 6.45) is 8.46. The van der Waals surface area contributed by atoms with E-state index < -0.39 is 0 Å². The number of dihydropyridines is 1. The summed E-state index contributed by atoms with van der Waals surface area (Å²) in [5, 5.41) is 6.44. The highest BCUT2D eigenvalue weighted by atomic mass is 14.9. The van der Waals surface area contributed by atoms with Crippen molar-refractivity contribution < 1.29 is 0 Å². The number of hydrogen-bond donors (Lipinski definition) is 2. The van der Waals surface area contributed by atoms with Crippen molar-refractivity contribution in [3.63, 3.8) is 0 Å². The summed E-state index contributed by atoms with van der Waals surface area (Å²) in [6, 6.07) is 0. The van der Waals surface area contributed by atoms with Crippen LogP contribution in [0.4, 0.5) is 0 Å². The van der Waals surface area contributed by atoms with Crippen molar-refractivity contribution in [3.8, 4) is 0 Å². The summed E-state index contributed by atoms with van der Waals surface area (Å²) < 4.78 is 0. The maximum absolute atomic E-state index is 3.29. The maximum atomic E-state index is 3.29. The van der Waals surface area contributed by atoms with Crippen LogP contribution in [0.2, 0.25) is 0 Å². The zero-order chi connectivity index (χ0) is 6.81. The molecule has 0 radical (unpaired) electrons. The second kappa shape index (κ2) is 2.21. The van der Waals surface area contributed by atoms with Gasteiger partial charge in [-0.15, -0.1) is 0 Å². The maximum Gasteiger partial charge on any atom is 0.0407 e. The Labute approximate surface area is 60.3 Å². The molecule has 2 heteroatoms. The molecule has 0 saturated heterocycles. The molecular weight excluding hydrogens is 124 g/mol. The monoisotopic (exact) mass is 134 g/mol. The molecule has 0 fully saturated rings. The third kappa shape index (κ3) is 0.817. The summed E-state index contributed by atoms with van der Waals surface area (Å²) in [5.41, 5.74) is 2.53. The zero-order valence-corrected chi connectivity index (χ0v) is 5.72. The van der Waals surface area contributed by atoms with E-state index in [2.05, 4.69) is 28.9 Å². The molecule has 0 aromatic carbocycles.